The van der Waals surface area contributed by atoms with E-state index in [0.717, 1.165) is 37.9 Å². The van der Waals surface area contributed by atoms with Gasteiger partial charge < -0.3 is 14.7 Å². The molecule has 1 aliphatic carbocycles. The van der Waals surface area contributed by atoms with E-state index in [1.165, 1.54) is 24.2 Å². The van der Waals surface area contributed by atoms with E-state index in [2.05, 4.69) is 28.6 Å². The maximum absolute atomic E-state index is 12.0. The first-order chi connectivity index (χ1) is 11.2. The summed E-state index contributed by atoms with van der Waals surface area (Å²) < 4.78 is 5.30. The molecule has 6 heteroatoms. The highest BCUT2D eigenvalue weighted by Gasteiger charge is 2.19. The number of likely N-dealkylation sites (N-methyl/N-ethyl adjacent to an activating group) is 1. The number of hydrogen-bond donors (Lipinski definition) is 2. The molecule has 6 nitrogen and oxygen atoms in total. The van der Waals surface area contributed by atoms with Crippen molar-refractivity contribution in [2.75, 3.05) is 20.1 Å². The Morgan fingerprint density at radius 3 is 2.96 bits per heavy atom. The number of amides is 1. The summed E-state index contributed by atoms with van der Waals surface area (Å²) in [5.74, 6) is 1.35. The zero-order valence-corrected chi connectivity index (χ0v) is 13.9. The second kappa shape index (κ2) is 7.73. The van der Waals surface area contributed by atoms with Gasteiger partial charge in [0.2, 0.25) is 11.8 Å². The van der Waals surface area contributed by atoms with E-state index in [1.807, 2.05) is 0 Å². The van der Waals surface area contributed by atoms with Gasteiger partial charge in [-0.05, 0) is 18.9 Å². The lowest BCUT2D eigenvalue weighted by molar-refractivity contribution is -0.874. The quantitative estimate of drug-likeness (QED) is 0.840. The van der Waals surface area contributed by atoms with Crippen LogP contribution in [0.15, 0.2) is 10.6 Å². The number of hydrogen-bond acceptors (Lipinski definition) is 4. The van der Waals surface area contributed by atoms with Crippen molar-refractivity contribution in [3.05, 3.63) is 17.8 Å². The molecule has 0 saturated heterocycles. The van der Waals surface area contributed by atoms with Crippen molar-refractivity contribution < 1.29 is 14.2 Å². The smallest absolute Gasteiger partial charge is 0.227 e. The number of aryl methyl sites for hydroxylation is 1. The van der Waals surface area contributed by atoms with Crippen molar-refractivity contribution in [1.82, 2.24) is 15.5 Å². The van der Waals surface area contributed by atoms with Crippen LogP contribution in [0.2, 0.25) is 0 Å². The second-order valence-electron chi connectivity index (χ2n) is 6.80. The number of aromatic nitrogens is 2. The van der Waals surface area contributed by atoms with Gasteiger partial charge in [-0.15, -0.1) is 0 Å². The molecule has 1 unspecified atom stereocenters. The number of carbonyl (C=O) groups excluding carboxylic acids is 1. The van der Waals surface area contributed by atoms with E-state index >= 15 is 0 Å². The summed E-state index contributed by atoms with van der Waals surface area (Å²) in [7, 11) is 2.18. The van der Waals surface area contributed by atoms with Gasteiger partial charge in [-0.3, -0.25) is 4.79 Å². The first kappa shape index (κ1) is 16.2. The molecule has 2 aliphatic rings. The monoisotopic (exact) mass is 319 g/mol. The molecule has 0 aromatic carbocycles. The molecule has 1 fully saturated rings. The van der Waals surface area contributed by atoms with E-state index in [4.69, 9.17) is 4.52 Å². The summed E-state index contributed by atoms with van der Waals surface area (Å²) in [6, 6.07) is 0.362. The highest BCUT2D eigenvalue weighted by atomic mass is 16.5. The Morgan fingerprint density at radius 2 is 2.22 bits per heavy atom. The molecule has 1 atom stereocenters. The van der Waals surface area contributed by atoms with Gasteiger partial charge in [0.1, 0.15) is 0 Å². The van der Waals surface area contributed by atoms with E-state index < -0.39 is 0 Å². The van der Waals surface area contributed by atoms with Crippen molar-refractivity contribution in [3.8, 4) is 0 Å². The average molecular weight is 319 g/mol. The molecule has 0 spiro atoms. The number of rotatable bonds is 5. The number of quaternary nitrogens is 1. The minimum atomic E-state index is 0.0961. The van der Waals surface area contributed by atoms with Crippen LogP contribution < -0.4 is 10.2 Å². The Labute approximate surface area is 137 Å². The standard InChI is InChI=1S/C17H26N4O2/c1-21-11-9-13(10-12-21)17-19-16(23-20-17)8-7-15(22)18-14-5-3-2-4-6-14/h9,14H,2-8,10-12H2,1H3,(H,18,22)/p+1. The highest BCUT2D eigenvalue weighted by molar-refractivity contribution is 5.76. The van der Waals surface area contributed by atoms with Crippen LogP contribution in [-0.4, -0.2) is 42.2 Å². The Morgan fingerprint density at radius 1 is 1.39 bits per heavy atom. The van der Waals surface area contributed by atoms with Crippen LogP contribution >= 0.6 is 0 Å². The fourth-order valence-electron chi connectivity index (χ4n) is 3.31. The van der Waals surface area contributed by atoms with Crippen molar-refractivity contribution in [2.24, 2.45) is 0 Å². The minimum Gasteiger partial charge on any atom is -0.353 e. The fourth-order valence-corrected chi connectivity index (χ4v) is 3.31. The Bertz CT molecular complexity index is 561. The second-order valence-corrected chi connectivity index (χ2v) is 6.80. The summed E-state index contributed by atoms with van der Waals surface area (Å²) in [6.07, 6.45) is 10.1. The third-order valence-electron chi connectivity index (χ3n) is 4.81. The first-order valence-corrected chi connectivity index (χ1v) is 8.83. The lowest BCUT2D eigenvalue weighted by atomic mass is 9.95. The topological polar surface area (TPSA) is 72.5 Å². The lowest BCUT2D eigenvalue weighted by Crippen LogP contribution is -3.09. The van der Waals surface area contributed by atoms with Crippen molar-refractivity contribution in [2.45, 2.75) is 57.4 Å². The lowest BCUT2D eigenvalue weighted by Gasteiger charge is -2.22. The van der Waals surface area contributed by atoms with E-state index in [1.54, 1.807) is 0 Å². The normalized spacial score (nSPS) is 22.7. The van der Waals surface area contributed by atoms with E-state index in [0.29, 0.717) is 30.6 Å². The molecule has 1 aromatic rings. The van der Waals surface area contributed by atoms with Crippen molar-refractivity contribution in [1.29, 1.82) is 0 Å². The van der Waals surface area contributed by atoms with Gasteiger partial charge in [-0.2, -0.15) is 4.98 Å². The molecule has 3 rings (SSSR count). The molecule has 2 heterocycles. The van der Waals surface area contributed by atoms with Crippen LogP contribution in [0.25, 0.3) is 5.57 Å². The summed E-state index contributed by atoms with van der Waals surface area (Å²) in [5.41, 5.74) is 1.16. The molecular weight excluding hydrogens is 292 g/mol. The molecule has 0 bridgehead atoms. The fraction of sp³-hybridized carbons (Fsp3) is 0.706. The van der Waals surface area contributed by atoms with E-state index in [9.17, 15) is 4.79 Å². The number of carbonyl (C=O) groups is 1. The Hall–Kier alpha value is -1.69. The molecule has 0 radical (unpaired) electrons. The van der Waals surface area contributed by atoms with E-state index in [-0.39, 0.29) is 5.91 Å². The highest BCUT2D eigenvalue weighted by Crippen LogP contribution is 2.18. The SMILES string of the molecule is C[NH+]1CC=C(c2noc(CCC(=O)NC3CCCCC3)n2)CC1. The van der Waals surface area contributed by atoms with Gasteiger partial charge >= 0.3 is 0 Å². The van der Waals surface area contributed by atoms with Crippen molar-refractivity contribution in [3.63, 3.8) is 0 Å². The average Bonchev–Trinajstić information content (AvgIpc) is 3.04. The molecular formula is C17H27N4O2+. The van der Waals surface area contributed by atoms with Crippen LogP contribution in [0.3, 0.4) is 0 Å². The van der Waals surface area contributed by atoms with Gasteiger partial charge in [-0.25, -0.2) is 0 Å². The van der Waals surface area contributed by atoms with Crippen LogP contribution in [0.1, 0.15) is 56.7 Å². The maximum Gasteiger partial charge on any atom is 0.227 e. The van der Waals surface area contributed by atoms with Crippen LogP contribution in [0.5, 0.6) is 0 Å². The number of nitrogens with zero attached hydrogens (tertiary/aromatic N) is 2. The minimum absolute atomic E-state index is 0.0961. The van der Waals surface area contributed by atoms with Crippen LogP contribution in [0.4, 0.5) is 0 Å². The Balaban J connectivity index is 1.46. The zero-order valence-electron chi connectivity index (χ0n) is 13.9. The summed E-state index contributed by atoms with van der Waals surface area (Å²) in [4.78, 5) is 18.0. The van der Waals surface area contributed by atoms with Gasteiger partial charge in [0, 0.05) is 30.9 Å². The molecule has 1 aromatic heterocycles. The molecule has 126 valence electrons. The molecule has 23 heavy (non-hydrogen) atoms. The van der Waals surface area contributed by atoms with Crippen molar-refractivity contribution >= 4 is 11.5 Å². The third kappa shape index (κ3) is 4.64. The van der Waals surface area contributed by atoms with Gasteiger partial charge in [0.05, 0.1) is 20.1 Å². The largest absolute Gasteiger partial charge is 0.353 e. The summed E-state index contributed by atoms with van der Waals surface area (Å²) >= 11 is 0. The molecule has 1 amide bonds. The van der Waals surface area contributed by atoms with Crippen LogP contribution in [-0.2, 0) is 11.2 Å². The predicted octanol–water partition coefficient (Wildman–Crippen LogP) is 0.753. The maximum atomic E-state index is 12.0. The third-order valence-corrected chi connectivity index (χ3v) is 4.81. The van der Waals surface area contributed by atoms with Gasteiger partial charge in [-0.1, -0.05) is 24.4 Å². The predicted molar refractivity (Wildman–Crippen MR) is 86.8 cm³/mol. The summed E-state index contributed by atoms with van der Waals surface area (Å²) in [5, 5.41) is 7.18. The van der Waals surface area contributed by atoms with Crippen LogP contribution in [0, 0.1) is 0 Å². The molecule has 1 saturated carbocycles. The van der Waals surface area contributed by atoms with Gasteiger partial charge in [0.15, 0.2) is 5.82 Å². The Kier molecular flexibility index (Phi) is 5.43. The summed E-state index contributed by atoms with van der Waals surface area (Å²) in [6.45, 7) is 2.10. The first-order valence-electron chi connectivity index (χ1n) is 8.83. The number of nitrogens with one attached hydrogen (secondary N) is 2. The zero-order chi connectivity index (χ0) is 16.1. The molecule has 2 N–H and O–H groups in total. The van der Waals surface area contributed by atoms with Gasteiger partial charge in [0.25, 0.3) is 0 Å². The molecule has 1 aliphatic heterocycles.